The van der Waals surface area contributed by atoms with Gasteiger partial charge in [0.15, 0.2) is 0 Å². The van der Waals surface area contributed by atoms with Gasteiger partial charge < -0.3 is 9.63 Å². The second-order valence-electron chi connectivity index (χ2n) is 8.70. The van der Waals surface area contributed by atoms with E-state index in [0.29, 0.717) is 18.4 Å². The van der Waals surface area contributed by atoms with Crippen molar-refractivity contribution in [2.24, 2.45) is 11.8 Å². The minimum absolute atomic E-state index is 0.0211. The summed E-state index contributed by atoms with van der Waals surface area (Å²) < 4.78 is 22.7. The van der Waals surface area contributed by atoms with Crippen LogP contribution in [0.1, 0.15) is 65.5 Å². The largest absolute Gasteiger partial charge is 0.388 e. The average Bonchev–Trinajstić information content (AvgIpc) is 2.60. The van der Waals surface area contributed by atoms with Crippen molar-refractivity contribution in [3.05, 3.63) is 35.9 Å². The first kappa shape index (κ1) is 20.1. The van der Waals surface area contributed by atoms with Gasteiger partial charge in [-0.3, -0.25) is 4.57 Å². The second kappa shape index (κ2) is 7.39. The minimum atomic E-state index is -3.19. The molecule has 1 saturated carbocycles. The van der Waals surface area contributed by atoms with E-state index in [0.717, 1.165) is 18.4 Å². The third kappa shape index (κ3) is 3.30. The van der Waals surface area contributed by atoms with Crippen LogP contribution in [0.15, 0.2) is 30.3 Å². The molecule has 146 valence electrons. The molecule has 4 nitrogen and oxygen atoms in total. The molecule has 0 bridgehead atoms. The van der Waals surface area contributed by atoms with E-state index in [9.17, 15) is 9.67 Å². The monoisotopic (exact) mass is 379 g/mol. The Morgan fingerprint density at radius 2 is 1.96 bits per heavy atom. The molecule has 1 heterocycles. The van der Waals surface area contributed by atoms with Crippen LogP contribution in [0.5, 0.6) is 0 Å². The van der Waals surface area contributed by atoms with E-state index in [-0.39, 0.29) is 11.6 Å². The highest BCUT2D eigenvalue weighted by molar-refractivity contribution is 7.57. The maximum Gasteiger partial charge on any atom is 0.278 e. The third-order valence-electron chi connectivity index (χ3n) is 6.66. The highest BCUT2D eigenvalue weighted by Crippen LogP contribution is 2.67. The van der Waals surface area contributed by atoms with Crippen LogP contribution < -0.4 is 0 Å². The van der Waals surface area contributed by atoms with E-state index in [1.807, 2.05) is 44.2 Å². The summed E-state index contributed by atoms with van der Waals surface area (Å²) >= 11 is 0. The third-order valence-corrected chi connectivity index (χ3v) is 10.0. The summed E-state index contributed by atoms with van der Waals surface area (Å²) in [4.78, 5) is 0. The molecule has 1 saturated heterocycles. The smallest absolute Gasteiger partial charge is 0.278 e. The molecule has 1 aromatic carbocycles. The molecule has 2 aliphatic rings. The van der Waals surface area contributed by atoms with Crippen LogP contribution in [0.25, 0.3) is 0 Å². The van der Waals surface area contributed by atoms with E-state index in [1.54, 1.807) is 0 Å². The number of aliphatic hydroxyl groups is 1. The van der Waals surface area contributed by atoms with Gasteiger partial charge >= 0.3 is 0 Å². The van der Waals surface area contributed by atoms with Crippen LogP contribution in [0.4, 0.5) is 0 Å². The van der Waals surface area contributed by atoms with Gasteiger partial charge in [0.2, 0.25) is 0 Å². The molecule has 0 aromatic heterocycles. The van der Waals surface area contributed by atoms with Crippen molar-refractivity contribution in [2.75, 3.05) is 6.54 Å². The Labute approximate surface area is 158 Å². The highest BCUT2D eigenvalue weighted by atomic mass is 31.2. The lowest BCUT2D eigenvalue weighted by molar-refractivity contribution is -0.0505. The summed E-state index contributed by atoms with van der Waals surface area (Å²) in [6.07, 6.45) is 2.50. The summed E-state index contributed by atoms with van der Waals surface area (Å²) in [5.41, 5.74) is 0.131. The molecular formula is C21H34NO3P. The Hall–Kier alpha value is -0.670. The van der Waals surface area contributed by atoms with Crippen molar-refractivity contribution < 1.29 is 14.2 Å². The van der Waals surface area contributed by atoms with Gasteiger partial charge in [-0.1, -0.05) is 50.6 Å². The van der Waals surface area contributed by atoms with Crippen molar-refractivity contribution in [1.29, 1.82) is 0 Å². The SMILES string of the molecule is CCN1C(C)(C)[C@@H]2CC[C@@H](C)C[C@H]2O[P@@]1(=O)[C@@H](C)[C@H](O)c1ccccc1. The summed E-state index contributed by atoms with van der Waals surface area (Å²) in [5.74, 6) is 0.991. The van der Waals surface area contributed by atoms with Crippen molar-refractivity contribution in [2.45, 2.75) is 77.3 Å². The fourth-order valence-electron chi connectivity index (χ4n) is 5.08. The number of nitrogens with zero attached hydrogens (tertiary/aromatic N) is 1. The van der Waals surface area contributed by atoms with Gasteiger partial charge in [0, 0.05) is 18.0 Å². The van der Waals surface area contributed by atoms with Gasteiger partial charge in [-0.2, -0.15) is 0 Å². The molecular weight excluding hydrogens is 345 g/mol. The van der Waals surface area contributed by atoms with Crippen molar-refractivity contribution in [3.8, 4) is 0 Å². The van der Waals surface area contributed by atoms with Gasteiger partial charge in [0.1, 0.15) is 0 Å². The van der Waals surface area contributed by atoms with Crippen molar-refractivity contribution in [3.63, 3.8) is 0 Å². The number of fused-ring (bicyclic) bond motifs is 1. The van der Waals surface area contributed by atoms with Crippen LogP contribution in [0.2, 0.25) is 0 Å². The lowest BCUT2D eigenvalue weighted by atomic mass is 9.71. The molecule has 26 heavy (non-hydrogen) atoms. The fourth-order valence-corrected chi connectivity index (χ4v) is 8.24. The molecule has 6 atom stereocenters. The van der Waals surface area contributed by atoms with Gasteiger partial charge in [-0.05, 0) is 45.1 Å². The summed E-state index contributed by atoms with van der Waals surface area (Å²) in [5, 5.41) is 11.0. The molecule has 0 unspecified atom stereocenters. The normalized spacial score (nSPS) is 36.9. The molecule has 2 fully saturated rings. The van der Waals surface area contributed by atoms with Gasteiger partial charge in [-0.15, -0.1) is 0 Å². The summed E-state index contributed by atoms with van der Waals surface area (Å²) in [6.45, 7) is 11.3. The van der Waals surface area contributed by atoms with Crippen LogP contribution in [-0.4, -0.2) is 33.6 Å². The zero-order valence-corrected chi connectivity index (χ0v) is 17.7. The maximum absolute atomic E-state index is 14.2. The van der Waals surface area contributed by atoms with Crippen LogP contribution in [-0.2, 0) is 9.09 Å². The van der Waals surface area contributed by atoms with Crippen LogP contribution >= 0.6 is 7.52 Å². The van der Waals surface area contributed by atoms with Crippen molar-refractivity contribution in [1.82, 2.24) is 4.67 Å². The highest BCUT2D eigenvalue weighted by Gasteiger charge is 2.57. The molecule has 5 heteroatoms. The lowest BCUT2D eigenvalue weighted by Crippen LogP contribution is -2.59. The molecule has 1 N–H and O–H groups in total. The van der Waals surface area contributed by atoms with Crippen molar-refractivity contribution >= 4 is 7.52 Å². The Balaban J connectivity index is 1.96. The molecule has 0 amide bonds. The second-order valence-corrected chi connectivity index (χ2v) is 11.3. The lowest BCUT2D eigenvalue weighted by Gasteiger charge is -2.57. The summed E-state index contributed by atoms with van der Waals surface area (Å²) in [7, 11) is -3.19. The zero-order chi connectivity index (χ0) is 19.1. The first-order valence-corrected chi connectivity index (χ1v) is 11.7. The molecule has 0 radical (unpaired) electrons. The van der Waals surface area contributed by atoms with E-state index < -0.39 is 19.3 Å². The number of hydrogen-bond acceptors (Lipinski definition) is 3. The van der Waals surface area contributed by atoms with E-state index in [4.69, 9.17) is 4.52 Å². The molecule has 1 aliphatic heterocycles. The zero-order valence-electron chi connectivity index (χ0n) is 16.8. The minimum Gasteiger partial charge on any atom is -0.388 e. The molecule has 0 spiro atoms. The number of rotatable bonds is 4. The Kier molecular flexibility index (Phi) is 5.71. The predicted octanol–water partition coefficient (Wildman–Crippen LogP) is 5.24. The average molecular weight is 379 g/mol. The molecule has 3 rings (SSSR count). The fraction of sp³-hybridized carbons (Fsp3) is 0.714. The topological polar surface area (TPSA) is 49.8 Å². The number of aliphatic hydroxyl groups excluding tert-OH is 1. The maximum atomic E-state index is 14.2. The van der Waals surface area contributed by atoms with Gasteiger partial charge in [0.25, 0.3) is 7.52 Å². The quantitative estimate of drug-likeness (QED) is 0.727. The van der Waals surface area contributed by atoms with Crippen LogP contribution in [0.3, 0.4) is 0 Å². The van der Waals surface area contributed by atoms with E-state index in [1.165, 1.54) is 6.42 Å². The molecule has 1 aromatic rings. The van der Waals surface area contributed by atoms with Gasteiger partial charge in [-0.25, -0.2) is 4.67 Å². The summed E-state index contributed by atoms with van der Waals surface area (Å²) in [6, 6.07) is 9.52. The molecule has 1 aliphatic carbocycles. The number of hydrogen-bond donors (Lipinski definition) is 1. The van der Waals surface area contributed by atoms with E-state index >= 15 is 0 Å². The number of benzene rings is 1. The van der Waals surface area contributed by atoms with Crippen LogP contribution in [0, 0.1) is 11.8 Å². The predicted molar refractivity (Wildman–Crippen MR) is 106 cm³/mol. The van der Waals surface area contributed by atoms with Gasteiger partial charge in [0.05, 0.1) is 17.9 Å². The first-order valence-electron chi connectivity index (χ1n) is 10.0. The Bertz CT molecular complexity index is 662. The Morgan fingerprint density at radius 3 is 2.58 bits per heavy atom. The Morgan fingerprint density at radius 1 is 1.31 bits per heavy atom. The van der Waals surface area contributed by atoms with E-state index in [2.05, 4.69) is 25.4 Å². The standard InChI is InChI=1S/C21H34NO3P/c1-6-22-21(4,5)18-13-12-15(2)14-19(18)25-26(22,24)16(3)20(23)17-10-8-7-9-11-17/h7-11,15-16,18-20,23H,6,12-14H2,1-5H3/t15-,16+,18-,19-,20+,26+/m1/s1. The first-order chi connectivity index (χ1) is 12.2.